The summed E-state index contributed by atoms with van der Waals surface area (Å²) in [5, 5.41) is 4.72. The Balaban J connectivity index is 1.55. The van der Waals surface area contributed by atoms with E-state index in [9.17, 15) is 13.6 Å². The number of ether oxygens (including phenoxy) is 2. The first kappa shape index (κ1) is 24.6. The molecule has 190 valence electrons. The Morgan fingerprint density at radius 2 is 1.70 bits per heavy atom. The molecule has 0 saturated carbocycles. The maximum atomic E-state index is 13.6. The first-order valence-corrected chi connectivity index (χ1v) is 12.2. The molecule has 0 bridgehead atoms. The second kappa shape index (κ2) is 10.9. The Morgan fingerprint density at radius 3 is 2.35 bits per heavy atom. The van der Waals surface area contributed by atoms with Gasteiger partial charge in [0.1, 0.15) is 23.1 Å². The van der Waals surface area contributed by atoms with Crippen molar-refractivity contribution in [1.82, 2.24) is 14.7 Å². The summed E-state index contributed by atoms with van der Waals surface area (Å²) in [7, 11) is 1.76. The molecule has 0 aliphatic carbocycles. The molecule has 6 nitrogen and oxygen atoms in total. The maximum absolute atomic E-state index is 13.6. The fraction of sp³-hybridized carbons (Fsp3) is 0.241. The molecule has 1 aliphatic heterocycles. The Morgan fingerprint density at radius 1 is 1.03 bits per heavy atom. The van der Waals surface area contributed by atoms with E-state index in [0.29, 0.717) is 41.6 Å². The van der Waals surface area contributed by atoms with Gasteiger partial charge in [-0.2, -0.15) is 5.10 Å². The smallest absolute Gasteiger partial charge is 0.254 e. The Hall–Kier alpha value is -4.04. The van der Waals surface area contributed by atoms with Crippen LogP contribution in [-0.4, -0.2) is 39.8 Å². The zero-order chi connectivity index (χ0) is 25.8. The summed E-state index contributed by atoms with van der Waals surface area (Å²) in [6.07, 6.45) is 1.69. The van der Waals surface area contributed by atoms with Gasteiger partial charge in [-0.15, -0.1) is 0 Å². The van der Waals surface area contributed by atoms with Crippen LogP contribution in [0.15, 0.2) is 78.9 Å². The standard InChI is InChI=1S/C29H27F2N3O3/c1-33-29(37-24-15-13-23(31)14-16-24)26(27(32-33)20-6-3-2-4-7-20)19-34(18-25-8-5-17-36-25)28(35)21-9-11-22(30)12-10-21/h2-4,6-7,9-16,25H,5,8,17-19H2,1H3/t25-/m0/s1. The van der Waals surface area contributed by atoms with Gasteiger partial charge in [0.25, 0.3) is 5.91 Å². The quantitative estimate of drug-likeness (QED) is 0.297. The molecule has 0 N–H and O–H groups in total. The summed E-state index contributed by atoms with van der Waals surface area (Å²) in [5.74, 6) is -0.132. The van der Waals surface area contributed by atoms with Crippen molar-refractivity contribution in [3.8, 4) is 22.9 Å². The van der Waals surface area contributed by atoms with E-state index in [-0.39, 0.29) is 24.4 Å². The van der Waals surface area contributed by atoms with Crippen LogP contribution in [0, 0.1) is 11.6 Å². The van der Waals surface area contributed by atoms with Crippen LogP contribution in [0.25, 0.3) is 11.3 Å². The van der Waals surface area contributed by atoms with Crippen molar-refractivity contribution in [3.05, 3.63) is 102 Å². The maximum Gasteiger partial charge on any atom is 0.254 e. The number of carbonyl (C=O) groups excluding carboxylic acids is 1. The molecule has 1 aromatic heterocycles. The minimum Gasteiger partial charge on any atom is -0.439 e. The van der Waals surface area contributed by atoms with Crippen molar-refractivity contribution in [2.45, 2.75) is 25.5 Å². The third-order valence-electron chi connectivity index (χ3n) is 6.34. The Kier molecular flexibility index (Phi) is 7.28. The van der Waals surface area contributed by atoms with E-state index < -0.39 is 5.82 Å². The molecule has 1 atom stereocenters. The van der Waals surface area contributed by atoms with E-state index in [1.807, 2.05) is 30.3 Å². The molecule has 0 radical (unpaired) electrons. The predicted octanol–water partition coefficient (Wildman–Crippen LogP) is 5.98. The van der Waals surface area contributed by atoms with Crippen LogP contribution < -0.4 is 4.74 Å². The molecule has 5 rings (SSSR count). The van der Waals surface area contributed by atoms with E-state index in [4.69, 9.17) is 14.6 Å². The zero-order valence-electron chi connectivity index (χ0n) is 20.4. The molecular formula is C29H27F2N3O3. The van der Waals surface area contributed by atoms with Gasteiger partial charge in [0.2, 0.25) is 5.88 Å². The highest BCUT2D eigenvalue weighted by molar-refractivity contribution is 5.94. The normalized spacial score (nSPS) is 15.1. The molecule has 1 amide bonds. The lowest BCUT2D eigenvalue weighted by atomic mass is 10.1. The highest BCUT2D eigenvalue weighted by Gasteiger charge is 2.28. The summed E-state index contributed by atoms with van der Waals surface area (Å²) in [6.45, 7) is 1.21. The molecule has 2 heterocycles. The molecule has 1 saturated heterocycles. The summed E-state index contributed by atoms with van der Waals surface area (Å²) in [5.41, 5.74) is 2.62. The van der Waals surface area contributed by atoms with Gasteiger partial charge >= 0.3 is 0 Å². The molecule has 8 heteroatoms. The number of benzene rings is 3. The second-order valence-electron chi connectivity index (χ2n) is 9.01. The van der Waals surface area contributed by atoms with Gasteiger partial charge in [-0.25, -0.2) is 13.5 Å². The number of hydrogen-bond donors (Lipinski definition) is 0. The number of carbonyl (C=O) groups is 1. The topological polar surface area (TPSA) is 56.6 Å². The Bertz CT molecular complexity index is 1350. The number of nitrogens with zero attached hydrogens (tertiary/aromatic N) is 3. The van der Waals surface area contributed by atoms with Gasteiger partial charge in [-0.1, -0.05) is 30.3 Å². The largest absolute Gasteiger partial charge is 0.439 e. The summed E-state index contributed by atoms with van der Waals surface area (Å²) in [6, 6.07) is 20.9. The van der Waals surface area contributed by atoms with Crippen LogP contribution in [0.1, 0.15) is 28.8 Å². The van der Waals surface area contributed by atoms with E-state index in [1.165, 1.54) is 36.4 Å². The minimum absolute atomic E-state index is 0.0947. The van der Waals surface area contributed by atoms with Crippen molar-refractivity contribution in [3.63, 3.8) is 0 Å². The number of aryl methyl sites for hydroxylation is 1. The fourth-order valence-electron chi connectivity index (χ4n) is 4.48. The van der Waals surface area contributed by atoms with E-state index in [2.05, 4.69) is 0 Å². The van der Waals surface area contributed by atoms with E-state index in [1.54, 1.807) is 28.8 Å². The van der Waals surface area contributed by atoms with Crippen molar-refractivity contribution in [2.24, 2.45) is 7.05 Å². The fourth-order valence-corrected chi connectivity index (χ4v) is 4.48. The van der Waals surface area contributed by atoms with E-state index >= 15 is 0 Å². The number of amides is 1. The summed E-state index contributed by atoms with van der Waals surface area (Å²) < 4.78 is 40.7. The van der Waals surface area contributed by atoms with Crippen LogP contribution in [-0.2, 0) is 18.3 Å². The van der Waals surface area contributed by atoms with E-state index in [0.717, 1.165) is 18.4 Å². The van der Waals surface area contributed by atoms with Crippen LogP contribution in [0.3, 0.4) is 0 Å². The van der Waals surface area contributed by atoms with Gasteiger partial charge in [0.15, 0.2) is 0 Å². The molecular weight excluding hydrogens is 476 g/mol. The number of rotatable bonds is 8. The van der Waals surface area contributed by atoms with Gasteiger partial charge in [-0.3, -0.25) is 4.79 Å². The third kappa shape index (κ3) is 5.70. The molecule has 4 aromatic rings. The number of halogens is 2. The van der Waals surface area contributed by atoms with Crippen LogP contribution in [0.5, 0.6) is 11.6 Å². The van der Waals surface area contributed by atoms with Gasteiger partial charge in [-0.05, 0) is 61.4 Å². The highest BCUT2D eigenvalue weighted by atomic mass is 19.1. The van der Waals surface area contributed by atoms with Crippen LogP contribution in [0.2, 0.25) is 0 Å². The average Bonchev–Trinajstić information content (AvgIpc) is 3.54. The SMILES string of the molecule is Cn1nc(-c2ccccc2)c(CN(C[C@@H]2CCCO2)C(=O)c2ccc(F)cc2)c1Oc1ccc(F)cc1. The highest BCUT2D eigenvalue weighted by Crippen LogP contribution is 2.35. The molecule has 3 aromatic carbocycles. The van der Waals surface area contributed by atoms with Crippen LogP contribution in [0.4, 0.5) is 8.78 Å². The van der Waals surface area contributed by atoms with Crippen molar-refractivity contribution in [1.29, 1.82) is 0 Å². The Labute approximate surface area is 214 Å². The van der Waals surface area contributed by atoms with Gasteiger partial charge in [0.05, 0.1) is 18.2 Å². The third-order valence-corrected chi connectivity index (χ3v) is 6.34. The van der Waals surface area contributed by atoms with Gasteiger partial charge < -0.3 is 14.4 Å². The average molecular weight is 504 g/mol. The van der Waals surface area contributed by atoms with Gasteiger partial charge in [0, 0.05) is 31.3 Å². The number of aromatic nitrogens is 2. The zero-order valence-corrected chi connectivity index (χ0v) is 20.4. The monoisotopic (exact) mass is 503 g/mol. The lowest BCUT2D eigenvalue weighted by Crippen LogP contribution is -2.37. The molecule has 37 heavy (non-hydrogen) atoms. The summed E-state index contributed by atoms with van der Waals surface area (Å²) >= 11 is 0. The van der Waals surface area contributed by atoms with Crippen molar-refractivity contribution in [2.75, 3.05) is 13.2 Å². The first-order valence-electron chi connectivity index (χ1n) is 12.2. The van der Waals surface area contributed by atoms with Crippen molar-refractivity contribution >= 4 is 5.91 Å². The molecule has 1 aliphatic rings. The number of hydrogen-bond acceptors (Lipinski definition) is 4. The predicted molar refractivity (Wildman–Crippen MR) is 135 cm³/mol. The molecule has 1 fully saturated rings. The lowest BCUT2D eigenvalue weighted by molar-refractivity contribution is 0.0506. The van der Waals surface area contributed by atoms with Crippen LogP contribution >= 0.6 is 0 Å². The second-order valence-corrected chi connectivity index (χ2v) is 9.01. The van der Waals surface area contributed by atoms with Crippen molar-refractivity contribution < 1.29 is 23.0 Å². The molecule has 0 unspecified atom stereocenters. The summed E-state index contributed by atoms with van der Waals surface area (Å²) in [4.78, 5) is 15.3. The lowest BCUT2D eigenvalue weighted by Gasteiger charge is -2.26. The molecule has 0 spiro atoms. The first-order chi connectivity index (χ1) is 18.0. The minimum atomic E-state index is -0.407.